The molecular formula is C14H30O7S. The fourth-order valence-electron chi connectivity index (χ4n) is 1.79. The van der Waals surface area contributed by atoms with Crippen molar-refractivity contribution < 1.29 is 31.4 Å². The standard InChI is InChI=1S/C14H30O7S/c1-3-5-6-14(4-2)13-20-10-9-18-7-8-19-11-12-21-22(15,16)17/h14H,3-13H2,1-2H3,(H,15,16,17). The molecule has 0 spiro atoms. The van der Waals surface area contributed by atoms with Gasteiger partial charge in [-0.3, -0.25) is 4.55 Å². The molecule has 0 aliphatic rings. The normalized spacial score (nSPS) is 13.4. The predicted octanol–water partition coefficient (Wildman–Crippen LogP) is 2.07. The molecule has 0 saturated heterocycles. The summed E-state index contributed by atoms with van der Waals surface area (Å²) in [5.74, 6) is 0.631. The van der Waals surface area contributed by atoms with Gasteiger partial charge in [0.25, 0.3) is 0 Å². The largest absolute Gasteiger partial charge is 0.397 e. The molecule has 1 atom stereocenters. The molecule has 0 bridgehead atoms. The minimum Gasteiger partial charge on any atom is -0.379 e. The fraction of sp³-hybridized carbons (Fsp3) is 1.00. The van der Waals surface area contributed by atoms with Crippen molar-refractivity contribution in [3.63, 3.8) is 0 Å². The van der Waals surface area contributed by atoms with Crippen LogP contribution >= 0.6 is 0 Å². The lowest BCUT2D eigenvalue weighted by Crippen LogP contribution is -2.15. The second-order valence-corrected chi connectivity index (χ2v) is 6.06. The Hall–Kier alpha value is -0.250. The average molecular weight is 342 g/mol. The molecule has 0 saturated carbocycles. The fourth-order valence-corrected chi connectivity index (χ4v) is 2.06. The van der Waals surface area contributed by atoms with Crippen molar-refractivity contribution in [2.45, 2.75) is 39.5 Å². The zero-order chi connectivity index (χ0) is 16.7. The third-order valence-electron chi connectivity index (χ3n) is 3.10. The molecule has 7 nitrogen and oxygen atoms in total. The Morgan fingerprint density at radius 1 is 0.909 bits per heavy atom. The van der Waals surface area contributed by atoms with E-state index in [9.17, 15) is 8.42 Å². The summed E-state index contributed by atoms with van der Waals surface area (Å²) in [6.07, 6.45) is 4.82. The molecule has 1 N–H and O–H groups in total. The van der Waals surface area contributed by atoms with Gasteiger partial charge in [-0.05, 0) is 12.3 Å². The highest BCUT2D eigenvalue weighted by Gasteiger charge is 2.05. The topological polar surface area (TPSA) is 91.3 Å². The van der Waals surface area contributed by atoms with Crippen LogP contribution in [0, 0.1) is 5.92 Å². The highest BCUT2D eigenvalue weighted by atomic mass is 32.3. The molecule has 0 aromatic carbocycles. The molecule has 1 unspecified atom stereocenters. The van der Waals surface area contributed by atoms with Crippen LogP contribution in [-0.2, 0) is 28.8 Å². The van der Waals surface area contributed by atoms with Gasteiger partial charge in [-0.2, -0.15) is 8.42 Å². The Balaban J connectivity index is 3.26. The second-order valence-electron chi connectivity index (χ2n) is 4.97. The molecular weight excluding hydrogens is 312 g/mol. The number of hydrogen-bond donors (Lipinski definition) is 1. The van der Waals surface area contributed by atoms with Crippen LogP contribution < -0.4 is 0 Å². The van der Waals surface area contributed by atoms with Gasteiger partial charge in [-0.15, -0.1) is 0 Å². The van der Waals surface area contributed by atoms with Crippen LogP contribution in [0.15, 0.2) is 0 Å². The summed E-state index contributed by atoms with van der Waals surface area (Å²) < 4.78 is 48.8. The Kier molecular flexibility index (Phi) is 14.2. The second kappa shape index (κ2) is 14.3. The van der Waals surface area contributed by atoms with Crippen molar-refractivity contribution in [1.82, 2.24) is 0 Å². The smallest absolute Gasteiger partial charge is 0.379 e. The van der Waals surface area contributed by atoms with Gasteiger partial charge in [0.15, 0.2) is 0 Å². The molecule has 0 radical (unpaired) electrons. The molecule has 22 heavy (non-hydrogen) atoms. The van der Waals surface area contributed by atoms with Crippen molar-refractivity contribution >= 4 is 10.4 Å². The van der Waals surface area contributed by atoms with Crippen molar-refractivity contribution in [1.29, 1.82) is 0 Å². The third kappa shape index (κ3) is 16.1. The van der Waals surface area contributed by atoms with Crippen LogP contribution in [0.25, 0.3) is 0 Å². The maximum atomic E-state index is 10.2. The molecule has 0 fully saturated rings. The SMILES string of the molecule is CCCCC(CC)COCCOCCOCCOS(=O)(=O)O. The lowest BCUT2D eigenvalue weighted by atomic mass is 10.0. The van der Waals surface area contributed by atoms with E-state index in [0.717, 1.165) is 13.0 Å². The molecule has 0 amide bonds. The van der Waals surface area contributed by atoms with E-state index in [1.807, 2.05) is 0 Å². The molecule has 0 aromatic heterocycles. The first kappa shape index (κ1) is 21.8. The van der Waals surface area contributed by atoms with E-state index < -0.39 is 10.4 Å². The van der Waals surface area contributed by atoms with Gasteiger partial charge in [0.1, 0.15) is 0 Å². The third-order valence-corrected chi connectivity index (χ3v) is 3.57. The summed E-state index contributed by atoms with van der Waals surface area (Å²) in [6, 6.07) is 0. The zero-order valence-electron chi connectivity index (χ0n) is 13.7. The van der Waals surface area contributed by atoms with E-state index in [1.54, 1.807) is 0 Å². The number of unbranched alkanes of at least 4 members (excludes halogenated alkanes) is 1. The van der Waals surface area contributed by atoms with Crippen LogP contribution in [-0.4, -0.2) is 59.2 Å². The summed E-state index contributed by atoms with van der Waals surface area (Å²) in [5, 5.41) is 0. The lowest BCUT2D eigenvalue weighted by molar-refractivity contribution is 0.00206. The van der Waals surface area contributed by atoms with Crippen molar-refractivity contribution in [3.05, 3.63) is 0 Å². The minimum absolute atomic E-state index is 0.0786. The van der Waals surface area contributed by atoms with E-state index >= 15 is 0 Å². The first-order chi connectivity index (χ1) is 10.5. The van der Waals surface area contributed by atoms with Crippen LogP contribution in [0.5, 0.6) is 0 Å². The van der Waals surface area contributed by atoms with Gasteiger partial charge in [-0.1, -0.05) is 33.1 Å². The Morgan fingerprint density at radius 2 is 1.45 bits per heavy atom. The van der Waals surface area contributed by atoms with Crippen LogP contribution in [0.3, 0.4) is 0 Å². The first-order valence-corrected chi connectivity index (χ1v) is 9.21. The van der Waals surface area contributed by atoms with Crippen molar-refractivity contribution in [3.8, 4) is 0 Å². The molecule has 0 aromatic rings. The molecule has 0 aliphatic heterocycles. The zero-order valence-corrected chi connectivity index (χ0v) is 14.5. The molecule has 134 valence electrons. The maximum absolute atomic E-state index is 10.2. The minimum atomic E-state index is -4.38. The van der Waals surface area contributed by atoms with E-state index in [4.69, 9.17) is 18.8 Å². The average Bonchev–Trinajstić information content (AvgIpc) is 2.46. The monoisotopic (exact) mass is 342 g/mol. The van der Waals surface area contributed by atoms with Gasteiger partial charge in [0.05, 0.1) is 39.6 Å². The maximum Gasteiger partial charge on any atom is 0.397 e. The van der Waals surface area contributed by atoms with Gasteiger partial charge in [0.2, 0.25) is 0 Å². The van der Waals surface area contributed by atoms with E-state index in [2.05, 4.69) is 18.0 Å². The highest BCUT2D eigenvalue weighted by Crippen LogP contribution is 2.12. The summed E-state index contributed by atoms with van der Waals surface area (Å²) in [5.41, 5.74) is 0. The van der Waals surface area contributed by atoms with Crippen molar-refractivity contribution in [2.75, 3.05) is 46.2 Å². The van der Waals surface area contributed by atoms with Crippen LogP contribution in [0.1, 0.15) is 39.5 Å². The van der Waals surface area contributed by atoms with Crippen molar-refractivity contribution in [2.24, 2.45) is 5.92 Å². The summed E-state index contributed by atoms with van der Waals surface area (Å²) in [6.45, 7) is 6.84. The number of ether oxygens (including phenoxy) is 3. The molecule has 0 heterocycles. The van der Waals surface area contributed by atoms with Crippen LogP contribution in [0.2, 0.25) is 0 Å². The number of hydrogen-bond acceptors (Lipinski definition) is 6. The summed E-state index contributed by atoms with van der Waals surface area (Å²) in [7, 11) is -4.38. The molecule has 8 heteroatoms. The van der Waals surface area contributed by atoms with Crippen LogP contribution in [0.4, 0.5) is 0 Å². The number of rotatable bonds is 16. The quantitative estimate of drug-likeness (QED) is 0.339. The summed E-state index contributed by atoms with van der Waals surface area (Å²) >= 11 is 0. The van der Waals surface area contributed by atoms with Gasteiger partial charge >= 0.3 is 10.4 Å². The Labute approximate surface area is 134 Å². The van der Waals surface area contributed by atoms with Gasteiger partial charge in [-0.25, -0.2) is 4.18 Å². The Bertz CT molecular complexity index is 332. The molecule has 0 aliphatic carbocycles. The highest BCUT2D eigenvalue weighted by molar-refractivity contribution is 7.80. The van der Waals surface area contributed by atoms with E-state index in [1.165, 1.54) is 19.3 Å². The Morgan fingerprint density at radius 3 is 1.95 bits per heavy atom. The van der Waals surface area contributed by atoms with Gasteiger partial charge in [0, 0.05) is 6.61 Å². The summed E-state index contributed by atoms with van der Waals surface area (Å²) in [4.78, 5) is 0. The van der Waals surface area contributed by atoms with Gasteiger partial charge < -0.3 is 14.2 Å². The van der Waals surface area contributed by atoms with E-state index in [0.29, 0.717) is 32.3 Å². The predicted molar refractivity (Wildman–Crippen MR) is 83.3 cm³/mol. The molecule has 0 rings (SSSR count). The lowest BCUT2D eigenvalue weighted by Gasteiger charge is -2.14. The van der Waals surface area contributed by atoms with E-state index in [-0.39, 0.29) is 13.2 Å². The first-order valence-electron chi connectivity index (χ1n) is 7.84.